The number of carbonyl (C=O) groups excluding carboxylic acids is 2. The average Bonchev–Trinajstić information content (AvgIpc) is 2.46. The van der Waals surface area contributed by atoms with Gasteiger partial charge in [-0.05, 0) is 0 Å². The fourth-order valence-electron chi connectivity index (χ4n) is 1.87. The van der Waals surface area contributed by atoms with Gasteiger partial charge < -0.3 is 0 Å². The molecule has 1 N–H and O–H groups in total. The summed E-state index contributed by atoms with van der Waals surface area (Å²) in [6, 6.07) is 9.73. The van der Waals surface area contributed by atoms with Gasteiger partial charge in [-0.2, -0.15) is 0 Å². The number of amides is 1. The van der Waals surface area contributed by atoms with E-state index < -0.39 is 6.04 Å². The molecule has 1 aromatic rings. The minimum atomic E-state index is -0.528. The second-order valence-electron chi connectivity index (χ2n) is 5.18. The van der Waals surface area contributed by atoms with E-state index in [4.69, 9.17) is 4.74 Å². The number of nitrogens with one attached hydrogen (secondary N) is 1. The summed E-state index contributed by atoms with van der Waals surface area (Å²) in [5.41, 5.74) is 0. The van der Waals surface area contributed by atoms with Gasteiger partial charge >= 0.3 is 137 Å². The molecule has 0 aliphatic heterocycles. The summed E-state index contributed by atoms with van der Waals surface area (Å²) in [6.07, 6.45) is 1.08. The molecule has 0 bridgehead atoms. The molecule has 0 saturated heterocycles. The number of hydrogen-bond acceptors (Lipinski definition) is 3. The van der Waals surface area contributed by atoms with Crippen molar-refractivity contribution in [1.29, 1.82) is 0 Å². The number of carbonyl (C=O) groups is 2. The van der Waals surface area contributed by atoms with E-state index in [1.807, 2.05) is 32.0 Å². The van der Waals surface area contributed by atoms with Crippen LogP contribution in [0.4, 0.5) is 0 Å². The predicted molar refractivity (Wildman–Crippen MR) is 84.7 cm³/mol. The van der Waals surface area contributed by atoms with Crippen LogP contribution in [0, 0.1) is 5.92 Å². The van der Waals surface area contributed by atoms with E-state index in [1.165, 1.54) is 10.7 Å². The van der Waals surface area contributed by atoms with Crippen LogP contribution in [0.1, 0.15) is 26.7 Å². The Hall–Kier alpha value is -1.05. The molecule has 21 heavy (non-hydrogen) atoms. The molecule has 1 amide bonds. The summed E-state index contributed by atoms with van der Waals surface area (Å²) >= 11 is -0.330. The summed E-state index contributed by atoms with van der Waals surface area (Å²) in [4.78, 5) is 23.6. The SMILES string of the molecule is COC(=O)[C@H](CC(C)C)NC(=O)CC[Te]c1ccccc1. The Morgan fingerprint density at radius 3 is 2.48 bits per heavy atom. The van der Waals surface area contributed by atoms with Gasteiger partial charge in [-0.1, -0.05) is 0 Å². The molecule has 0 spiro atoms. The molecule has 0 saturated carbocycles. The molecule has 4 nitrogen and oxygen atoms in total. The second-order valence-corrected chi connectivity index (χ2v) is 8.52. The monoisotopic (exact) mass is 407 g/mol. The molecular formula is C16H23NO3Te. The van der Waals surface area contributed by atoms with E-state index in [0.29, 0.717) is 18.8 Å². The molecule has 0 aromatic heterocycles. The van der Waals surface area contributed by atoms with Crippen molar-refractivity contribution in [3.8, 4) is 0 Å². The van der Waals surface area contributed by atoms with Crippen LogP contribution >= 0.6 is 0 Å². The van der Waals surface area contributed by atoms with Crippen molar-refractivity contribution in [2.45, 2.75) is 37.2 Å². The zero-order valence-electron chi connectivity index (χ0n) is 12.8. The Morgan fingerprint density at radius 2 is 1.90 bits per heavy atom. The van der Waals surface area contributed by atoms with Crippen LogP contribution in [-0.2, 0) is 14.3 Å². The van der Waals surface area contributed by atoms with Gasteiger partial charge in [0.05, 0.1) is 0 Å². The van der Waals surface area contributed by atoms with Gasteiger partial charge in [-0.3, -0.25) is 0 Å². The fraction of sp³-hybridized carbons (Fsp3) is 0.500. The van der Waals surface area contributed by atoms with Crippen LogP contribution in [0.5, 0.6) is 0 Å². The molecule has 0 radical (unpaired) electrons. The molecule has 0 aliphatic carbocycles. The third-order valence-electron chi connectivity index (χ3n) is 2.87. The molecule has 0 aliphatic rings. The van der Waals surface area contributed by atoms with Gasteiger partial charge in [0, 0.05) is 0 Å². The number of rotatable bonds is 8. The molecule has 0 fully saturated rings. The summed E-state index contributed by atoms with van der Waals surface area (Å²) < 4.78 is 6.99. The standard InChI is InChI=1S/C16H23NO3Te/c1-12(2)11-14(16(19)20-3)17-15(18)9-10-21-13-7-5-4-6-8-13/h4-8,12,14H,9-11H2,1-3H3,(H,17,18)/t14-/m0/s1. The molecule has 5 heteroatoms. The molecular weight excluding hydrogens is 382 g/mol. The predicted octanol–water partition coefficient (Wildman–Crippen LogP) is 1.53. The minimum absolute atomic E-state index is 0.0629. The first kappa shape index (κ1) is 18.0. The molecule has 1 aromatic carbocycles. The Bertz CT molecular complexity index is 448. The van der Waals surface area contributed by atoms with Gasteiger partial charge in [0.1, 0.15) is 0 Å². The van der Waals surface area contributed by atoms with E-state index >= 15 is 0 Å². The first-order valence-electron chi connectivity index (χ1n) is 7.08. The van der Waals surface area contributed by atoms with Crippen LogP contribution in [-0.4, -0.2) is 46.0 Å². The van der Waals surface area contributed by atoms with Crippen LogP contribution in [0.3, 0.4) is 0 Å². The fourth-order valence-corrected chi connectivity index (χ4v) is 4.36. The molecule has 1 atom stereocenters. The van der Waals surface area contributed by atoms with Gasteiger partial charge in [0.15, 0.2) is 0 Å². The van der Waals surface area contributed by atoms with Gasteiger partial charge in [-0.15, -0.1) is 0 Å². The Kier molecular flexibility index (Phi) is 8.41. The third kappa shape index (κ3) is 7.50. The molecule has 1 rings (SSSR count). The van der Waals surface area contributed by atoms with Crippen LogP contribution < -0.4 is 8.93 Å². The zero-order chi connectivity index (χ0) is 15.7. The van der Waals surface area contributed by atoms with Crippen LogP contribution in [0.25, 0.3) is 0 Å². The molecule has 0 heterocycles. The maximum absolute atomic E-state index is 11.9. The van der Waals surface area contributed by atoms with Gasteiger partial charge in [0.2, 0.25) is 0 Å². The van der Waals surface area contributed by atoms with Crippen molar-refractivity contribution in [2.75, 3.05) is 7.11 Å². The topological polar surface area (TPSA) is 55.4 Å². The van der Waals surface area contributed by atoms with Crippen molar-refractivity contribution >= 4 is 36.4 Å². The molecule has 116 valence electrons. The van der Waals surface area contributed by atoms with Crippen molar-refractivity contribution in [1.82, 2.24) is 5.32 Å². The zero-order valence-corrected chi connectivity index (χ0v) is 15.1. The molecule has 0 unspecified atom stereocenters. The van der Waals surface area contributed by atoms with E-state index in [9.17, 15) is 9.59 Å². The van der Waals surface area contributed by atoms with Crippen LogP contribution in [0.15, 0.2) is 30.3 Å². The summed E-state index contributed by atoms with van der Waals surface area (Å²) in [6.45, 7) is 4.04. The van der Waals surface area contributed by atoms with Crippen molar-refractivity contribution in [2.24, 2.45) is 5.92 Å². The average molecular weight is 405 g/mol. The van der Waals surface area contributed by atoms with Crippen molar-refractivity contribution in [3.63, 3.8) is 0 Å². The maximum atomic E-state index is 11.9. The first-order chi connectivity index (χ1) is 10.0. The number of esters is 1. The Labute approximate surface area is 136 Å². The Balaban J connectivity index is 2.37. The number of hydrogen-bond donors (Lipinski definition) is 1. The normalized spacial score (nSPS) is 12.0. The summed E-state index contributed by atoms with van der Waals surface area (Å²) in [5, 5.41) is 2.79. The summed E-state index contributed by atoms with van der Waals surface area (Å²) in [7, 11) is 1.35. The van der Waals surface area contributed by atoms with Crippen molar-refractivity contribution < 1.29 is 14.3 Å². The third-order valence-corrected chi connectivity index (χ3v) is 5.76. The van der Waals surface area contributed by atoms with Crippen molar-refractivity contribution in [3.05, 3.63) is 30.3 Å². The van der Waals surface area contributed by atoms with Gasteiger partial charge in [0.25, 0.3) is 0 Å². The van der Waals surface area contributed by atoms with E-state index in [1.54, 1.807) is 0 Å². The van der Waals surface area contributed by atoms with E-state index in [0.717, 1.165) is 4.47 Å². The van der Waals surface area contributed by atoms with E-state index in [2.05, 4.69) is 17.4 Å². The number of methoxy groups -OCH3 is 1. The summed E-state index contributed by atoms with van der Waals surface area (Å²) in [5.74, 6) is -0.101. The van der Waals surface area contributed by atoms with Gasteiger partial charge in [-0.25, -0.2) is 0 Å². The first-order valence-corrected chi connectivity index (χ1v) is 9.89. The van der Waals surface area contributed by atoms with E-state index in [-0.39, 0.29) is 32.8 Å². The Morgan fingerprint density at radius 1 is 1.24 bits per heavy atom. The van der Waals surface area contributed by atoms with Crippen LogP contribution in [0.2, 0.25) is 4.47 Å². The second kappa shape index (κ2) is 9.81. The number of ether oxygens (including phenoxy) is 1. The number of benzene rings is 1. The quantitative estimate of drug-likeness (QED) is 0.528.